The fourth-order valence-corrected chi connectivity index (χ4v) is 4.17. The number of rotatable bonds is 9. The van der Waals surface area contributed by atoms with E-state index in [2.05, 4.69) is 4.98 Å². The van der Waals surface area contributed by atoms with Gasteiger partial charge in [-0.05, 0) is 59.1 Å². The Labute approximate surface area is 185 Å². The number of hydrogen-bond acceptors (Lipinski definition) is 4. The molecule has 6 nitrogen and oxygen atoms in total. The van der Waals surface area contributed by atoms with Crippen LogP contribution in [0.1, 0.15) is 84.6 Å². The summed E-state index contributed by atoms with van der Waals surface area (Å²) in [5, 5.41) is 0. The highest BCUT2D eigenvalue weighted by atomic mass is 16.5. The van der Waals surface area contributed by atoms with Crippen LogP contribution < -0.4 is 0 Å². The van der Waals surface area contributed by atoms with Crippen LogP contribution in [-0.4, -0.2) is 46.2 Å². The molecule has 0 fully saturated rings. The number of nitrogens with zero attached hydrogens (tertiary/aromatic N) is 1. The van der Waals surface area contributed by atoms with E-state index in [0.717, 1.165) is 5.56 Å². The smallest absolute Gasteiger partial charge is 0.355 e. The molecule has 6 heteroatoms. The van der Waals surface area contributed by atoms with Crippen molar-refractivity contribution >= 4 is 17.7 Å². The Morgan fingerprint density at radius 1 is 1.03 bits per heavy atom. The van der Waals surface area contributed by atoms with Crippen LogP contribution in [-0.2, 0) is 9.53 Å². The zero-order valence-corrected chi connectivity index (χ0v) is 19.6. The molecule has 2 rings (SSSR count). The zero-order valence-electron chi connectivity index (χ0n) is 19.6. The van der Waals surface area contributed by atoms with Crippen molar-refractivity contribution in [2.45, 2.75) is 72.9 Å². The van der Waals surface area contributed by atoms with Crippen LogP contribution in [0.25, 0.3) is 0 Å². The quantitative estimate of drug-likeness (QED) is 0.461. The number of carbonyl (C=O) groups excluding carboxylic acids is 3. The number of carbonyl (C=O) groups is 3. The van der Waals surface area contributed by atoms with Gasteiger partial charge in [0.05, 0.1) is 18.6 Å². The van der Waals surface area contributed by atoms with Crippen LogP contribution in [0.2, 0.25) is 0 Å². The molecule has 2 atom stereocenters. The Hall–Kier alpha value is -2.89. The average Bonchev–Trinajstić information content (AvgIpc) is 3.03. The SMILES string of the molecule is CCOC(=O)c1[nH]c(C)c(C(=O)C(C)N(C(=O)C(CC)c2ccccc2)C(C)C)c1C. The molecule has 0 saturated heterocycles. The lowest BCUT2D eigenvalue weighted by molar-refractivity contribution is -0.136. The van der Waals surface area contributed by atoms with Gasteiger partial charge < -0.3 is 14.6 Å². The number of hydrogen-bond donors (Lipinski definition) is 1. The summed E-state index contributed by atoms with van der Waals surface area (Å²) in [6.07, 6.45) is 0.641. The highest BCUT2D eigenvalue weighted by Crippen LogP contribution is 2.27. The number of aromatic nitrogens is 1. The third kappa shape index (κ3) is 5.06. The van der Waals surface area contributed by atoms with Crippen molar-refractivity contribution in [2.75, 3.05) is 6.61 Å². The van der Waals surface area contributed by atoms with Crippen molar-refractivity contribution in [2.24, 2.45) is 0 Å². The summed E-state index contributed by atoms with van der Waals surface area (Å²) in [6, 6.07) is 8.83. The van der Waals surface area contributed by atoms with Gasteiger partial charge in [-0.25, -0.2) is 4.79 Å². The number of amides is 1. The molecule has 0 bridgehead atoms. The van der Waals surface area contributed by atoms with Crippen molar-refractivity contribution in [3.05, 3.63) is 58.4 Å². The minimum atomic E-state index is -0.673. The molecule has 1 aromatic heterocycles. The zero-order chi connectivity index (χ0) is 23.3. The van der Waals surface area contributed by atoms with E-state index in [-0.39, 0.29) is 36.0 Å². The maximum Gasteiger partial charge on any atom is 0.355 e. The summed E-state index contributed by atoms with van der Waals surface area (Å²) >= 11 is 0. The first-order valence-corrected chi connectivity index (χ1v) is 10.9. The van der Waals surface area contributed by atoms with Gasteiger partial charge in [-0.1, -0.05) is 37.3 Å². The molecule has 0 saturated carbocycles. The van der Waals surface area contributed by atoms with E-state index in [1.165, 1.54) is 0 Å². The Morgan fingerprint density at radius 2 is 1.65 bits per heavy atom. The molecule has 0 aliphatic carbocycles. The van der Waals surface area contributed by atoms with E-state index in [0.29, 0.717) is 23.2 Å². The molecule has 0 radical (unpaired) electrons. The van der Waals surface area contributed by atoms with Gasteiger partial charge in [-0.15, -0.1) is 0 Å². The second kappa shape index (κ2) is 10.4. The second-order valence-electron chi connectivity index (χ2n) is 8.10. The number of Topliss-reactive ketones (excluding diaryl/α,β-unsaturated/α-hetero) is 1. The molecule has 0 aliphatic rings. The maximum atomic E-state index is 13.6. The monoisotopic (exact) mass is 426 g/mol. The van der Waals surface area contributed by atoms with Crippen molar-refractivity contribution in [3.63, 3.8) is 0 Å². The summed E-state index contributed by atoms with van der Waals surface area (Å²) < 4.78 is 5.09. The number of benzene rings is 1. The van der Waals surface area contributed by atoms with Crippen molar-refractivity contribution in [1.82, 2.24) is 9.88 Å². The van der Waals surface area contributed by atoms with E-state index in [4.69, 9.17) is 4.74 Å². The number of ether oxygens (including phenoxy) is 1. The normalized spacial score (nSPS) is 13.0. The molecule has 1 amide bonds. The molecule has 1 N–H and O–H groups in total. The first-order valence-electron chi connectivity index (χ1n) is 10.9. The molecule has 0 aliphatic heterocycles. The van der Waals surface area contributed by atoms with Crippen LogP contribution in [0.15, 0.2) is 30.3 Å². The lowest BCUT2D eigenvalue weighted by Crippen LogP contribution is -2.49. The summed E-state index contributed by atoms with van der Waals surface area (Å²) in [4.78, 5) is 44.0. The number of aryl methyl sites for hydroxylation is 1. The Morgan fingerprint density at radius 3 is 2.16 bits per heavy atom. The number of nitrogens with one attached hydrogen (secondary N) is 1. The maximum absolute atomic E-state index is 13.6. The molecule has 2 unspecified atom stereocenters. The summed E-state index contributed by atoms with van der Waals surface area (Å²) in [5.41, 5.74) is 2.83. The minimum Gasteiger partial charge on any atom is -0.461 e. The van der Waals surface area contributed by atoms with E-state index in [1.807, 2.05) is 51.1 Å². The highest BCUT2D eigenvalue weighted by molar-refractivity contribution is 6.06. The summed E-state index contributed by atoms with van der Waals surface area (Å²) in [6.45, 7) is 13.1. The molecule has 1 heterocycles. The molecular formula is C25H34N2O4. The van der Waals surface area contributed by atoms with E-state index in [1.54, 1.807) is 32.6 Å². The van der Waals surface area contributed by atoms with Gasteiger partial charge in [0.15, 0.2) is 5.78 Å². The number of ketones is 1. The third-order valence-electron chi connectivity index (χ3n) is 5.68. The standard InChI is InChI=1S/C25H34N2O4/c1-8-20(19-13-11-10-12-14-19)24(29)27(15(3)4)18(7)23(28)21-16(5)22(26-17(21)6)25(30)31-9-2/h10-15,18,20,26H,8-9H2,1-7H3. The fraction of sp³-hybridized carbons (Fsp3) is 0.480. The van der Waals surface area contributed by atoms with Crippen LogP contribution in [0.3, 0.4) is 0 Å². The van der Waals surface area contributed by atoms with Gasteiger partial charge in [0.1, 0.15) is 5.69 Å². The second-order valence-corrected chi connectivity index (χ2v) is 8.10. The summed E-state index contributed by atoms with van der Waals surface area (Å²) in [5.74, 6) is -1.06. The van der Waals surface area contributed by atoms with Crippen molar-refractivity contribution in [1.29, 1.82) is 0 Å². The average molecular weight is 427 g/mol. The van der Waals surface area contributed by atoms with Crippen LogP contribution in [0, 0.1) is 13.8 Å². The van der Waals surface area contributed by atoms with Crippen molar-refractivity contribution < 1.29 is 19.1 Å². The highest BCUT2D eigenvalue weighted by Gasteiger charge is 2.35. The Kier molecular flexibility index (Phi) is 8.20. The molecule has 2 aromatic rings. The molecule has 31 heavy (non-hydrogen) atoms. The van der Waals surface area contributed by atoms with E-state index >= 15 is 0 Å². The number of aromatic amines is 1. The number of esters is 1. The Bertz CT molecular complexity index is 930. The topological polar surface area (TPSA) is 79.5 Å². The van der Waals surface area contributed by atoms with Crippen LogP contribution in [0.5, 0.6) is 0 Å². The van der Waals surface area contributed by atoms with E-state index in [9.17, 15) is 14.4 Å². The molecule has 0 spiro atoms. The predicted molar refractivity (Wildman–Crippen MR) is 121 cm³/mol. The lowest BCUT2D eigenvalue weighted by Gasteiger charge is -2.35. The first kappa shape index (κ1) is 24.4. The van der Waals surface area contributed by atoms with Crippen LogP contribution >= 0.6 is 0 Å². The predicted octanol–water partition coefficient (Wildman–Crippen LogP) is 4.81. The van der Waals surface area contributed by atoms with E-state index < -0.39 is 12.0 Å². The molecule has 1 aromatic carbocycles. The van der Waals surface area contributed by atoms with Gasteiger partial charge in [0.2, 0.25) is 5.91 Å². The minimum absolute atomic E-state index is 0.0685. The third-order valence-corrected chi connectivity index (χ3v) is 5.68. The summed E-state index contributed by atoms with van der Waals surface area (Å²) in [7, 11) is 0. The van der Waals surface area contributed by atoms with Gasteiger partial charge in [0, 0.05) is 17.3 Å². The van der Waals surface area contributed by atoms with Crippen molar-refractivity contribution in [3.8, 4) is 0 Å². The van der Waals surface area contributed by atoms with Gasteiger partial charge in [0.25, 0.3) is 0 Å². The van der Waals surface area contributed by atoms with Gasteiger partial charge in [-0.2, -0.15) is 0 Å². The van der Waals surface area contributed by atoms with Crippen LogP contribution in [0.4, 0.5) is 0 Å². The molecular weight excluding hydrogens is 392 g/mol. The number of H-pyrrole nitrogens is 1. The van der Waals surface area contributed by atoms with Gasteiger partial charge >= 0.3 is 5.97 Å². The fourth-order valence-electron chi connectivity index (χ4n) is 4.17. The Balaban J connectivity index is 2.40. The van der Waals surface area contributed by atoms with Gasteiger partial charge in [-0.3, -0.25) is 9.59 Å². The largest absolute Gasteiger partial charge is 0.461 e. The lowest BCUT2D eigenvalue weighted by atomic mass is 9.92. The molecule has 168 valence electrons. The first-order chi connectivity index (χ1) is 14.6.